The molecule has 0 fully saturated rings. The number of amides is 2. The lowest BCUT2D eigenvalue weighted by Crippen LogP contribution is -2.51. The molecule has 8 nitrogen and oxygen atoms in total. The predicted molar refractivity (Wildman–Crippen MR) is 149 cm³/mol. The quantitative estimate of drug-likeness (QED) is 0.340. The van der Waals surface area contributed by atoms with Gasteiger partial charge in [-0.25, -0.2) is 12.8 Å². The van der Waals surface area contributed by atoms with E-state index in [2.05, 4.69) is 5.32 Å². The van der Waals surface area contributed by atoms with E-state index in [-0.39, 0.29) is 28.1 Å². The second-order valence-electron chi connectivity index (χ2n) is 8.76. The third kappa shape index (κ3) is 7.48. The Hall–Kier alpha value is -3.63. The zero-order valence-electron chi connectivity index (χ0n) is 21.9. The Bertz CT molecular complexity index is 1410. The summed E-state index contributed by atoms with van der Waals surface area (Å²) < 4.78 is 47.5. The maximum absolute atomic E-state index is 13.9. The van der Waals surface area contributed by atoms with E-state index < -0.39 is 34.3 Å². The monoisotopic (exact) mass is 575 g/mol. The van der Waals surface area contributed by atoms with E-state index in [9.17, 15) is 22.4 Å². The van der Waals surface area contributed by atoms with Crippen molar-refractivity contribution in [3.05, 3.63) is 89.2 Å². The molecule has 0 saturated heterocycles. The van der Waals surface area contributed by atoms with Crippen molar-refractivity contribution in [1.29, 1.82) is 0 Å². The first-order valence-corrected chi connectivity index (χ1v) is 14.1. The molecule has 3 rings (SSSR count). The SMILES string of the molecule is CCCNC(=O)[C@H](C)N(Cc1cccc(OC)c1)C(=O)CN(c1ccc(F)c(Cl)c1)S(=O)(=O)c1ccccc1. The molecule has 208 valence electrons. The highest BCUT2D eigenvalue weighted by atomic mass is 35.5. The molecule has 39 heavy (non-hydrogen) atoms. The molecule has 11 heteroatoms. The van der Waals surface area contributed by atoms with Crippen molar-refractivity contribution in [1.82, 2.24) is 10.2 Å². The second kappa shape index (κ2) is 13.4. The van der Waals surface area contributed by atoms with Gasteiger partial charge in [-0.1, -0.05) is 48.9 Å². The van der Waals surface area contributed by atoms with Crippen LogP contribution in [0.4, 0.5) is 10.1 Å². The fraction of sp³-hybridized carbons (Fsp3) is 0.286. The van der Waals surface area contributed by atoms with E-state index in [0.717, 1.165) is 16.4 Å². The van der Waals surface area contributed by atoms with Gasteiger partial charge in [0.2, 0.25) is 11.8 Å². The number of carbonyl (C=O) groups is 2. The summed E-state index contributed by atoms with van der Waals surface area (Å²) in [6.07, 6.45) is 0.705. The van der Waals surface area contributed by atoms with Crippen LogP contribution in [0.2, 0.25) is 5.02 Å². The molecule has 0 saturated carbocycles. The number of hydrogen-bond acceptors (Lipinski definition) is 5. The molecule has 2 amide bonds. The third-order valence-corrected chi connectivity index (χ3v) is 8.08. The summed E-state index contributed by atoms with van der Waals surface area (Å²) in [4.78, 5) is 28.0. The van der Waals surface area contributed by atoms with E-state index in [0.29, 0.717) is 24.3 Å². The maximum Gasteiger partial charge on any atom is 0.264 e. The lowest BCUT2D eigenvalue weighted by Gasteiger charge is -2.32. The highest BCUT2D eigenvalue weighted by Gasteiger charge is 2.32. The van der Waals surface area contributed by atoms with Crippen LogP contribution < -0.4 is 14.4 Å². The topological polar surface area (TPSA) is 96.0 Å². The largest absolute Gasteiger partial charge is 0.497 e. The predicted octanol–water partition coefficient (Wildman–Crippen LogP) is 4.63. The lowest BCUT2D eigenvalue weighted by atomic mass is 10.1. The molecule has 0 radical (unpaired) electrons. The maximum atomic E-state index is 13.9. The lowest BCUT2D eigenvalue weighted by molar-refractivity contribution is -0.139. The number of benzene rings is 3. The number of halogens is 2. The molecule has 0 aromatic heterocycles. The molecule has 0 spiro atoms. The van der Waals surface area contributed by atoms with E-state index in [4.69, 9.17) is 16.3 Å². The van der Waals surface area contributed by atoms with Crippen molar-refractivity contribution in [3.63, 3.8) is 0 Å². The minimum Gasteiger partial charge on any atom is -0.497 e. The van der Waals surface area contributed by atoms with Crippen LogP contribution in [0.15, 0.2) is 77.7 Å². The van der Waals surface area contributed by atoms with Gasteiger partial charge in [-0.2, -0.15) is 0 Å². The minimum atomic E-state index is -4.27. The van der Waals surface area contributed by atoms with Gasteiger partial charge >= 0.3 is 0 Å². The van der Waals surface area contributed by atoms with Crippen molar-refractivity contribution in [3.8, 4) is 5.75 Å². The van der Waals surface area contributed by atoms with Crippen molar-refractivity contribution >= 4 is 39.1 Å². The Balaban J connectivity index is 2.04. The molecule has 0 aliphatic carbocycles. The number of nitrogens with one attached hydrogen (secondary N) is 1. The zero-order chi connectivity index (χ0) is 28.6. The molecule has 0 heterocycles. The Morgan fingerprint density at radius 1 is 1.05 bits per heavy atom. The molecule has 0 bridgehead atoms. The van der Waals surface area contributed by atoms with Gasteiger partial charge in [0.05, 0.1) is 22.7 Å². The molecule has 3 aromatic carbocycles. The van der Waals surface area contributed by atoms with Crippen molar-refractivity contribution < 1.29 is 27.1 Å². The average Bonchev–Trinajstić information content (AvgIpc) is 2.94. The van der Waals surface area contributed by atoms with Gasteiger partial charge in [0.25, 0.3) is 10.0 Å². The first-order chi connectivity index (χ1) is 18.6. The zero-order valence-corrected chi connectivity index (χ0v) is 23.5. The van der Waals surface area contributed by atoms with Crippen molar-refractivity contribution in [2.24, 2.45) is 0 Å². The fourth-order valence-corrected chi connectivity index (χ4v) is 5.44. The summed E-state index contributed by atoms with van der Waals surface area (Å²) in [6.45, 7) is 3.26. The van der Waals surface area contributed by atoms with Gasteiger partial charge < -0.3 is 15.0 Å². The summed E-state index contributed by atoms with van der Waals surface area (Å²) in [5, 5.41) is 2.48. The number of ether oxygens (including phenoxy) is 1. The average molecular weight is 576 g/mol. The number of nitrogens with zero attached hydrogens (tertiary/aromatic N) is 2. The summed E-state index contributed by atoms with van der Waals surface area (Å²) in [5.74, 6) is -1.19. The first-order valence-electron chi connectivity index (χ1n) is 12.3. The number of anilines is 1. The number of carbonyl (C=O) groups excluding carboxylic acids is 2. The van der Waals surface area contributed by atoms with Crippen LogP contribution in [-0.2, 0) is 26.2 Å². The van der Waals surface area contributed by atoms with Gasteiger partial charge in [0.1, 0.15) is 24.2 Å². The third-order valence-electron chi connectivity index (χ3n) is 6.00. The highest BCUT2D eigenvalue weighted by Crippen LogP contribution is 2.28. The number of hydrogen-bond donors (Lipinski definition) is 1. The molecular formula is C28H31ClFN3O5S. The Labute approximate surface area is 233 Å². The Morgan fingerprint density at radius 3 is 2.41 bits per heavy atom. The van der Waals surface area contributed by atoms with Gasteiger partial charge in [0.15, 0.2) is 0 Å². The molecule has 1 N–H and O–H groups in total. The van der Waals surface area contributed by atoms with Gasteiger partial charge in [-0.05, 0) is 61.4 Å². The summed E-state index contributed by atoms with van der Waals surface area (Å²) >= 11 is 5.97. The van der Waals surface area contributed by atoms with E-state index in [1.54, 1.807) is 49.4 Å². The van der Waals surface area contributed by atoms with E-state index >= 15 is 0 Å². The van der Waals surface area contributed by atoms with Crippen molar-refractivity contribution in [2.75, 3.05) is 24.5 Å². The summed E-state index contributed by atoms with van der Waals surface area (Å²) in [6, 6.07) is 17.1. The minimum absolute atomic E-state index is 0.00280. The van der Waals surface area contributed by atoms with Crippen LogP contribution in [0, 0.1) is 5.82 Å². The second-order valence-corrected chi connectivity index (χ2v) is 11.0. The van der Waals surface area contributed by atoms with Gasteiger partial charge in [-0.15, -0.1) is 0 Å². The summed E-state index contributed by atoms with van der Waals surface area (Å²) in [7, 11) is -2.75. The summed E-state index contributed by atoms with van der Waals surface area (Å²) in [5.41, 5.74) is 0.683. The molecule has 1 atom stereocenters. The van der Waals surface area contributed by atoms with Crippen LogP contribution in [0.25, 0.3) is 0 Å². The van der Waals surface area contributed by atoms with Crippen LogP contribution in [0.1, 0.15) is 25.8 Å². The fourth-order valence-electron chi connectivity index (χ4n) is 3.83. The molecule has 0 aliphatic heterocycles. The molecule has 3 aromatic rings. The van der Waals surface area contributed by atoms with Gasteiger partial charge in [-0.3, -0.25) is 13.9 Å². The number of sulfonamides is 1. The molecule has 0 unspecified atom stereocenters. The Morgan fingerprint density at radius 2 is 1.77 bits per heavy atom. The first kappa shape index (κ1) is 29.9. The standard InChI is InChI=1S/C28H31ClFN3O5S/c1-4-15-31-28(35)20(2)32(18-21-9-8-10-23(16-21)38-3)27(34)19-33(22-13-14-26(30)25(29)17-22)39(36,37)24-11-6-5-7-12-24/h5-14,16-17,20H,4,15,18-19H2,1-3H3,(H,31,35)/t20-/m0/s1. The Kier molecular flexibility index (Phi) is 10.3. The molecule has 0 aliphatic rings. The van der Waals surface area contributed by atoms with Crippen molar-refractivity contribution in [2.45, 2.75) is 37.8 Å². The smallest absolute Gasteiger partial charge is 0.264 e. The van der Waals surface area contributed by atoms with Crippen LogP contribution in [-0.4, -0.2) is 51.4 Å². The molecular weight excluding hydrogens is 545 g/mol. The van der Waals surface area contributed by atoms with Crippen LogP contribution in [0.3, 0.4) is 0 Å². The van der Waals surface area contributed by atoms with Crippen LogP contribution >= 0.6 is 11.6 Å². The van der Waals surface area contributed by atoms with Crippen LogP contribution in [0.5, 0.6) is 5.75 Å². The normalized spacial score (nSPS) is 11.9. The van der Waals surface area contributed by atoms with E-state index in [1.807, 2.05) is 6.92 Å². The number of rotatable bonds is 12. The van der Waals surface area contributed by atoms with E-state index in [1.165, 1.54) is 30.2 Å². The highest BCUT2D eigenvalue weighted by molar-refractivity contribution is 7.92. The van der Waals surface area contributed by atoms with Gasteiger partial charge in [0, 0.05) is 13.1 Å². The number of methoxy groups -OCH3 is 1.